The van der Waals surface area contributed by atoms with E-state index in [0.29, 0.717) is 0 Å². The van der Waals surface area contributed by atoms with Gasteiger partial charge in [0.05, 0.1) is 0 Å². The summed E-state index contributed by atoms with van der Waals surface area (Å²) in [6.07, 6.45) is 0. The molecule has 0 unspecified atom stereocenters. The lowest BCUT2D eigenvalue weighted by atomic mass is 9.88. The second kappa shape index (κ2) is 7.36. The van der Waals surface area contributed by atoms with Gasteiger partial charge in [-0.05, 0) is 67.7 Å². The molecule has 0 radical (unpaired) electrons. The molecule has 0 heterocycles. The first-order valence-corrected chi connectivity index (χ1v) is 12.7. The molecular formula is C31H16Br2O. The summed E-state index contributed by atoms with van der Waals surface area (Å²) in [6.45, 7) is 0. The van der Waals surface area contributed by atoms with Crippen LogP contribution in [-0.4, -0.2) is 0 Å². The van der Waals surface area contributed by atoms with Crippen LogP contribution in [0.2, 0.25) is 0 Å². The molecule has 0 atom stereocenters. The fourth-order valence-corrected chi connectivity index (χ4v) is 6.35. The zero-order valence-corrected chi connectivity index (χ0v) is 21.1. The van der Waals surface area contributed by atoms with Crippen molar-refractivity contribution in [3.05, 3.63) is 116 Å². The number of rotatable bonds is 2. The average Bonchev–Trinajstić information content (AvgIpc) is 3.16. The van der Waals surface area contributed by atoms with Crippen molar-refractivity contribution in [3.63, 3.8) is 0 Å². The largest absolute Gasteiger partial charge is 0.289 e. The first-order chi connectivity index (χ1) is 16.6. The average molecular weight is 564 g/mol. The topological polar surface area (TPSA) is 17.1 Å². The van der Waals surface area contributed by atoms with Crippen LogP contribution in [0.1, 0.15) is 0 Å². The normalized spacial score (nSPS) is 11.9. The van der Waals surface area contributed by atoms with Crippen LogP contribution in [0.25, 0.3) is 65.3 Å². The Labute approximate surface area is 212 Å². The molecule has 0 aliphatic heterocycles. The zero-order valence-electron chi connectivity index (χ0n) is 17.9. The first kappa shape index (κ1) is 20.1. The van der Waals surface area contributed by atoms with Gasteiger partial charge in [-0.25, -0.2) is 0 Å². The fourth-order valence-electron chi connectivity index (χ4n) is 5.55. The zero-order chi connectivity index (χ0) is 23.0. The van der Waals surface area contributed by atoms with Crippen LogP contribution in [0.5, 0.6) is 0 Å². The molecule has 160 valence electrons. The van der Waals surface area contributed by atoms with Crippen LogP contribution < -0.4 is 5.43 Å². The Kier molecular flexibility index (Phi) is 4.36. The van der Waals surface area contributed by atoms with E-state index in [0.717, 1.165) is 52.7 Å². The Morgan fingerprint density at radius 2 is 0.912 bits per heavy atom. The van der Waals surface area contributed by atoms with Gasteiger partial charge < -0.3 is 0 Å². The number of benzene rings is 6. The Bertz CT molecular complexity index is 1820. The maximum Gasteiger partial charge on any atom is 0.195 e. The number of hydrogen-bond acceptors (Lipinski definition) is 1. The van der Waals surface area contributed by atoms with Crippen LogP contribution in [0.4, 0.5) is 0 Å². The molecule has 7 aromatic carbocycles. The monoisotopic (exact) mass is 562 g/mol. The minimum Gasteiger partial charge on any atom is -0.289 e. The molecule has 34 heavy (non-hydrogen) atoms. The highest BCUT2D eigenvalue weighted by molar-refractivity contribution is 9.10. The molecule has 0 saturated heterocycles. The van der Waals surface area contributed by atoms with Crippen molar-refractivity contribution in [2.24, 2.45) is 0 Å². The smallest absolute Gasteiger partial charge is 0.195 e. The Morgan fingerprint density at radius 1 is 0.471 bits per heavy atom. The number of fused-ring (bicyclic) bond motifs is 3. The van der Waals surface area contributed by atoms with Crippen molar-refractivity contribution in [1.29, 1.82) is 0 Å². The minimum absolute atomic E-state index is 0.0722. The summed E-state index contributed by atoms with van der Waals surface area (Å²) < 4.78 is 1.92. The number of hydrogen-bond donors (Lipinski definition) is 0. The summed E-state index contributed by atoms with van der Waals surface area (Å²) in [5.41, 5.74) is 3.47. The summed E-state index contributed by atoms with van der Waals surface area (Å²) in [5.74, 6) is 0. The van der Waals surface area contributed by atoms with E-state index in [1.807, 2.05) is 48.5 Å². The summed E-state index contributed by atoms with van der Waals surface area (Å²) in [7, 11) is 0. The van der Waals surface area contributed by atoms with Gasteiger partial charge in [0, 0.05) is 30.8 Å². The molecule has 7 aromatic rings. The van der Waals surface area contributed by atoms with Crippen LogP contribution in [0.15, 0.2) is 111 Å². The third-order valence-corrected chi connectivity index (χ3v) is 7.84. The van der Waals surface area contributed by atoms with E-state index in [4.69, 9.17) is 0 Å². The maximum absolute atomic E-state index is 14.3. The predicted molar refractivity (Wildman–Crippen MR) is 151 cm³/mol. The highest BCUT2D eigenvalue weighted by Crippen LogP contribution is 2.47. The van der Waals surface area contributed by atoms with Gasteiger partial charge in [-0.3, -0.25) is 4.79 Å². The molecule has 0 bridgehead atoms. The lowest BCUT2D eigenvalue weighted by Gasteiger charge is -2.14. The van der Waals surface area contributed by atoms with Crippen molar-refractivity contribution in [3.8, 4) is 22.3 Å². The molecule has 0 saturated carbocycles. The summed E-state index contributed by atoms with van der Waals surface area (Å²) in [5, 5.41) is 9.18. The van der Waals surface area contributed by atoms with Gasteiger partial charge in [0.15, 0.2) is 5.43 Å². The molecule has 0 N–H and O–H groups in total. The van der Waals surface area contributed by atoms with Crippen LogP contribution in [0.3, 0.4) is 0 Å². The molecule has 0 amide bonds. The Morgan fingerprint density at radius 3 is 1.35 bits per heavy atom. The van der Waals surface area contributed by atoms with Gasteiger partial charge >= 0.3 is 0 Å². The Balaban J connectivity index is 1.83. The lowest BCUT2D eigenvalue weighted by Crippen LogP contribution is -2.01. The van der Waals surface area contributed by atoms with Crippen molar-refractivity contribution in [1.82, 2.24) is 0 Å². The van der Waals surface area contributed by atoms with Gasteiger partial charge in [-0.15, -0.1) is 0 Å². The van der Waals surface area contributed by atoms with Crippen molar-refractivity contribution in [2.45, 2.75) is 0 Å². The van der Waals surface area contributed by atoms with E-state index in [-0.39, 0.29) is 5.43 Å². The van der Waals surface area contributed by atoms with Crippen LogP contribution >= 0.6 is 31.9 Å². The number of halogens is 2. The summed E-state index contributed by atoms with van der Waals surface area (Å²) >= 11 is 7.22. The third kappa shape index (κ3) is 2.74. The molecule has 3 heteroatoms. The molecule has 7 rings (SSSR count). The van der Waals surface area contributed by atoms with Crippen molar-refractivity contribution >= 4 is 74.9 Å². The first-order valence-electron chi connectivity index (χ1n) is 11.1. The van der Waals surface area contributed by atoms with Crippen molar-refractivity contribution in [2.75, 3.05) is 0 Å². The highest BCUT2D eigenvalue weighted by atomic mass is 79.9. The van der Waals surface area contributed by atoms with Crippen LogP contribution in [-0.2, 0) is 0 Å². The standard InChI is InChI=1S/C31H16Br2O/c32-21-9-1-7-19(15-21)27-29-23-11-3-5-17-13-14-18-6-4-12-24(26(18)25(17)23)30(29)28(31(27)34)20-8-2-10-22(33)16-20/h1-16H. The molecule has 0 aromatic heterocycles. The quantitative estimate of drug-likeness (QED) is 0.191. The van der Waals surface area contributed by atoms with Crippen LogP contribution in [0, 0.1) is 0 Å². The van der Waals surface area contributed by atoms with E-state index >= 15 is 0 Å². The Hall–Kier alpha value is -3.27. The lowest BCUT2D eigenvalue weighted by molar-refractivity contribution is 1.58. The van der Waals surface area contributed by atoms with Gasteiger partial charge in [-0.2, -0.15) is 0 Å². The van der Waals surface area contributed by atoms with E-state index in [9.17, 15) is 4.79 Å². The van der Waals surface area contributed by atoms with E-state index < -0.39 is 0 Å². The molecule has 0 spiro atoms. The fraction of sp³-hybridized carbons (Fsp3) is 0. The van der Waals surface area contributed by atoms with E-state index in [2.05, 4.69) is 80.4 Å². The minimum atomic E-state index is 0.0722. The summed E-state index contributed by atoms with van der Waals surface area (Å²) in [4.78, 5) is 14.3. The molecule has 0 aliphatic carbocycles. The van der Waals surface area contributed by atoms with Gasteiger partial charge in [-0.1, -0.05) is 105 Å². The highest BCUT2D eigenvalue weighted by Gasteiger charge is 2.25. The predicted octanol–water partition coefficient (Wildman–Crippen LogP) is 9.39. The third-order valence-electron chi connectivity index (χ3n) is 6.86. The SMILES string of the molecule is O=c1c(-c2cccc(Br)c2)c2c3cccc4ccc5cccc(c2c1-c1cccc(Br)c1)c5c43. The maximum atomic E-state index is 14.3. The van der Waals surface area contributed by atoms with E-state index in [1.165, 1.54) is 21.5 Å². The van der Waals surface area contributed by atoms with Gasteiger partial charge in [0.2, 0.25) is 0 Å². The van der Waals surface area contributed by atoms with Gasteiger partial charge in [0.1, 0.15) is 0 Å². The molecular weight excluding hydrogens is 548 g/mol. The van der Waals surface area contributed by atoms with Crippen molar-refractivity contribution < 1.29 is 0 Å². The summed E-state index contributed by atoms with van der Waals surface area (Å²) in [6, 6.07) is 33.4. The molecule has 0 fully saturated rings. The van der Waals surface area contributed by atoms with E-state index in [1.54, 1.807) is 0 Å². The second-order valence-corrected chi connectivity index (χ2v) is 10.6. The molecule has 1 nitrogen and oxygen atoms in total. The second-order valence-electron chi connectivity index (χ2n) is 8.72. The van der Waals surface area contributed by atoms with Gasteiger partial charge in [0.25, 0.3) is 0 Å². The molecule has 0 aliphatic rings.